The lowest BCUT2D eigenvalue weighted by Crippen LogP contribution is -2.83. The van der Waals surface area contributed by atoms with E-state index in [0.717, 1.165) is 18.1 Å². The molecule has 2 N–H and O–H groups in total. The van der Waals surface area contributed by atoms with E-state index in [9.17, 15) is 24.6 Å². The number of methoxy groups -OCH3 is 1. The average Bonchev–Trinajstić information content (AvgIpc) is 3.06. The number of hydrogen-bond donors (Lipinski definition) is 2. The van der Waals surface area contributed by atoms with Crippen molar-refractivity contribution < 1.29 is 52.8 Å². The molecule has 5 rings (SSSR count). The van der Waals surface area contributed by atoms with E-state index in [0.29, 0.717) is 0 Å². The first-order valence-corrected chi connectivity index (χ1v) is 19.5. The fourth-order valence-electron chi connectivity index (χ4n) is 9.26. The molecule has 1 aromatic rings. The van der Waals surface area contributed by atoms with Gasteiger partial charge in [0.1, 0.15) is 30.0 Å². The lowest BCUT2D eigenvalue weighted by atomic mass is 9.44. The van der Waals surface area contributed by atoms with Crippen LogP contribution < -0.4 is 0 Å². The number of carbonyl (C=O) groups is 4. The summed E-state index contributed by atoms with van der Waals surface area (Å²) in [4.78, 5) is 56.3. The molecule has 0 unspecified atom stereocenters. The van der Waals surface area contributed by atoms with Gasteiger partial charge in [-0.3, -0.25) is 14.4 Å². The van der Waals surface area contributed by atoms with Crippen LogP contribution in [0.2, 0.25) is 18.1 Å². The second-order valence-corrected chi connectivity index (χ2v) is 19.3. The smallest absolute Gasteiger partial charge is 0.338 e. The van der Waals surface area contributed by atoms with Crippen LogP contribution in [0.4, 0.5) is 0 Å². The molecule has 0 aromatic heterocycles. The first kappa shape index (κ1) is 36.5. The highest BCUT2D eigenvalue weighted by atomic mass is 28.4. The van der Waals surface area contributed by atoms with Gasteiger partial charge >= 0.3 is 11.9 Å². The number of aliphatic hydroxyl groups excluding tert-OH is 1. The van der Waals surface area contributed by atoms with Crippen LogP contribution in [0.3, 0.4) is 0 Å². The molecule has 3 aliphatic carbocycles. The number of benzene rings is 1. The summed E-state index contributed by atoms with van der Waals surface area (Å²) in [5, 5.41) is 25.1. The summed E-state index contributed by atoms with van der Waals surface area (Å²) in [6, 6.07) is 10.4. The minimum Gasteiger partial charge on any atom is -0.455 e. The lowest BCUT2D eigenvalue weighted by Gasteiger charge is -2.68. The Morgan fingerprint density at radius 3 is 2.15 bits per heavy atom. The minimum absolute atomic E-state index is 0.0831. The number of hydrogen-bond acceptors (Lipinski definition) is 11. The summed E-state index contributed by atoms with van der Waals surface area (Å²) in [5.41, 5.74) is -6.93. The number of ketones is 2. The highest BCUT2D eigenvalue weighted by Gasteiger charge is 2.80. The van der Waals surface area contributed by atoms with E-state index in [1.165, 1.54) is 33.1 Å². The number of ether oxygens (including phenoxy) is 4. The Hall–Kier alpha value is -2.74. The van der Waals surface area contributed by atoms with Crippen molar-refractivity contribution in [2.24, 2.45) is 16.7 Å². The first-order chi connectivity index (χ1) is 22.5. The molecule has 1 aromatic carbocycles. The molecular formula is C36H50O11Si. The number of Topliss-reactive ketones (excluding diaryl/α,β-unsaturated/α-hetero) is 2. The summed E-state index contributed by atoms with van der Waals surface area (Å²) in [6.45, 7) is 13.7. The van der Waals surface area contributed by atoms with Crippen LogP contribution in [0.15, 0.2) is 41.5 Å². The topological polar surface area (TPSA) is 155 Å². The first-order valence-electron chi connectivity index (χ1n) is 16.9. The number of rotatable bonds is 9. The van der Waals surface area contributed by atoms with E-state index in [4.69, 9.17) is 23.4 Å². The number of aliphatic hydroxyl groups is 2. The molecule has 0 radical (unpaired) electrons. The van der Waals surface area contributed by atoms with Crippen molar-refractivity contribution in [3.05, 3.63) is 47.0 Å². The van der Waals surface area contributed by atoms with Crippen molar-refractivity contribution in [1.82, 2.24) is 0 Å². The zero-order valence-electron chi connectivity index (χ0n) is 29.5. The predicted molar refractivity (Wildman–Crippen MR) is 176 cm³/mol. The van der Waals surface area contributed by atoms with E-state index in [1.54, 1.807) is 39.0 Å². The zero-order valence-corrected chi connectivity index (χ0v) is 30.5. The van der Waals surface area contributed by atoms with Crippen LogP contribution in [-0.2, 0) is 37.8 Å². The van der Waals surface area contributed by atoms with Crippen LogP contribution in [0.25, 0.3) is 0 Å². The Bertz CT molecular complexity index is 1490. The Morgan fingerprint density at radius 2 is 1.65 bits per heavy atom. The molecule has 4 aliphatic rings. The highest BCUT2D eigenvalue weighted by molar-refractivity contribution is 6.73. The predicted octanol–water partition coefficient (Wildman–Crippen LogP) is 3.94. The van der Waals surface area contributed by atoms with E-state index in [-0.39, 0.29) is 29.7 Å². The van der Waals surface area contributed by atoms with E-state index in [1.807, 2.05) is 0 Å². The van der Waals surface area contributed by atoms with Crippen LogP contribution >= 0.6 is 0 Å². The maximum atomic E-state index is 15.5. The van der Waals surface area contributed by atoms with Gasteiger partial charge < -0.3 is 33.6 Å². The van der Waals surface area contributed by atoms with Gasteiger partial charge in [0, 0.05) is 25.9 Å². The van der Waals surface area contributed by atoms with Gasteiger partial charge in [0.2, 0.25) is 0 Å². The molecule has 48 heavy (non-hydrogen) atoms. The van der Waals surface area contributed by atoms with E-state index >= 15 is 4.79 Å². The Morgan fingerprint density at radius 1 is 1.04 bits per heavy atom. The van der Waals surface area contributed by atoms with Gasteiger partial charge in [-0.2, -0.15) is 0 Å². The molecule has 1 heterocycles. The summed E-state index contributed by atoms with van der Waals surface area (Å²) in [6.07, 6.45) is -6.66. The zero-order chi connectivity index (χ0) is 35.6. The van der Waals surface area contributed by atoms with Gasteiger partial charge in [0.25, 0.3) is 0 Å². The van der Waals surface area contributed by atoms with E-state index in [2.05, 4.69) is 20.8 Å². The highest BCUT2D eigenvalue weighted by Crippen LogP contribution is 2.64. The van der Waals surface area contributed by atoms with Crippen molar-refractivity contribution in [3.63, 3.8) is 0 Å². The van der Waals surface area contributed by atoms with E-state index < -0.39 is 90.3 Å². The Labute approximate surface area is 283 Å². The SMILES string of the molecule is CC[Si](CC)(CC)O[C@H]1C[C@H]2OC[C@@]2(OC(C)=O)[C@H]2[C@H](OC(=O)c3ccccc3)[C@]3(O)[C@@H](O)C(=O)C(C)=C([C@@H](OC)C(=O)[C@]12C)C3(C)C. The molecule has 1 saturated heterocycles. The van der Waals surface area contributed by atoms with Crippen molar-refractivity contribution in [3.8, 4) is 0 Å². The fourth-order valence-corrected chi connectivity index (χ4v) is 12.2. The number of esters is 2. The quantitative estimate of drug-likeness (QED) is 0.287. The van der Waals surface area contributed by atoms with Crippen molar-refractivity contribution in [1.29, 1.82) is 0 Å². The Kier molecular flexibility index (Phi) is 9.55. The molecule has 1 aliphatic heterocycles. The monoisotopic (exact) mass is 686 g/mol. The van der Waals surface area contributed by atoms with Gasteiger partial charge in [-0.15, -0.1) is 0 Å². The van der Waals surface area contributed by atoms with Crippen molar-refractivity contribution in [2.75, 3.05) is 13.7 Å². The van der Waals surface area contributed by atoms with Gasteiger partial charge in [0.05, 0.1) is 29.6 Å². The van der Waals surface area contributed by atoms with Gasteiger partial charge in [0.15, 0.2) is 25.5 Å². The fraction of sp³-hybridized carbons (Fsp3) is 0.667. The second kappa shape index (κ2) is 12.5. The minimum atomic E-state index is -2.53. The van der Waals surface area contributed by atoms with Crippen molar-refractivity contribution in [2.45, 2.75) is 122 Å². The summed E-state index contributed by atoms with van der Waals surface area (Å²) in [7, 11) is -1.10. The van der Waals surface area contributed by atoms with Crippen LogP contribution in [0.1, 0.15) is 72.2 Å². The molecule has 2 saturated carbocycles. The summed E-state index contributed by atoms with van der Waals surface area (Å²) < 4.78 is 31.7. The Balaban J connectivity index is 1.89. The third-order valence-corrected chi connectivity index (χ3v) is 17.0. The van der Waals surface area contributed by atoms with Crippen LogP contribution in [0, 0.1) is 16.7 Å². The lowest BCUT2D eigenvalue weighted by molar-refractivity contribution is -0.347. The maximum absolute atomic E-state index is 15.5. The molecule has 264 valence electrons. The molecular weight excluding hydrogens is 636 g/mol. The van der Waals surface area contributed by atoms with Crippen LogP contribution in [-0.4, -0.2) is 97.5 Å². The summed E-state index contributed by atoms with van der Waals surface area (Å²) in [5.74, 6) is -4.15. The van der Waals surface area contributed by atoms with Gasteiger partial charge in [-0.05, 0) is 55.3 Å². The average molecular weight is 687 g/mol. The van der Waals surface area contributed by atoms with Gasteiger partial charge in [-0.25, -0.2) is 4.79 Å². The molecule has 3 fully saturated rings. The standard InChI is InChI=1S/C36H50O11Si/c1-10-48(11-2,12-3)47-23-18-24-35(19-44-24,46-21(5)37)28-31(45-32(41)22-16-14-13-15-17-22)36(42)29(39)26(38)20(4)25(33(36,6)7)27(43-9)30(40)34(23,28)8/h13-17,23-24,27-29,31,39,42H,10-12,18-19H2,1-9H3/t23-,24+,27+,28-,29-,31-,34+,35-,36+/m0/s1. The normalized spacial score (nSPS) is 37.4. The summed E-state index contributed by atoms with van der Waals surface area (Å²) >= 11 is 0. The molecule has 9 atom stereocenters. The third-order valence-electron chi connectivity index (χ3n) is 12.3. The van der Waals surface area contributed by atoms with Crippen molar-refractivity contribution >= 4 is 31.8 Å². The number of carbonyl (C=O) groups excluding carboxylic acids is 4. The molecule has 2 bridgehead atoms. The largest absolute Gasteiger partial charge is 0.455 e. The molecule has 12 heteroatoms. The third kappa shape index (κ3) is 4.92. The molecule has 11 nitrogen and oxygen atoms in total. The number of fused-ring (bicyclic) bond motifs is 5. The molecule has 0 spiro atoms. The maximum Gasteiger partial charge on any atom is 0.338 e. The van der Waals surface area contributed by atoms with Gasteiger partial charge in [-0.1, -0.05) is 52.8 Å². The molecule has 0 amide bonds. The second-order valence-electron chi connectivity index (χ2n) is 14.6. The van der Waals surface area contributed by atoms with Crippen LogP contribution in [0.5, 0.6) is 0 Å².